The molecule has 1 unspecified atom stereocenters. The number of aliphatic hydroxyl groups is 1. The van der Waals surface area contributed by atoms with Crippen LogP contribution in [0.15, 0.2) is 0 Å². The van der Waals surface area contributed by atoms with E-state index in [2.05, 4.69) is 0 Å². The van der Waals surface area contributed by atoms with Crippen LogP contribution >= 0.6 is 0 Å². The van der Waals surface area contributed by atoms with Crippen molar-refractivity contribution in [1.29, 1.82) is 0 Å². The van der Waals surface area contributed by atoms with Gasteiger partial charge in [-0.3, -0.25) is 0 Å². The number of aliphatic hydroxyl groups excluding tert-OH is 1. The molecule has 1 aliphatic heterocycles. The van der Waals surface area contributed by atoms with Gasteiger partial charge in [-0.2, -0.15) is 0 Å². The molecular formula is C11H22O3. The highest BCUT2D eigenvalue weighted by Crippen LogP contribution is 2.15. The molecule has 0 aliphatic carbocycles. The first-order valence-electron chi connectivity index (χ1n) is 5.53. The van der Waals surface area contributed by atoms with Gasteiger partial charge < -0.3 is 14.6 Å². The summed E-state index contributed by atoms with van der Waals surface area (Å²) in [5.74, 6) is 0.910. The Labute approximate surface area is 86.4 Å². The summed E-state index contributed by atoms with van der Waals surface area (Å²) < 4.78 is 10.8. The van der Waals surface area contributed by atoms with E-state index in [0.717, 1.165) is 32.7 Å². The van der Waals surface area contributed by atoms with Crippen molar-refractivity contribution in [3.05, 3.63) is 0 Å². The highest BCUT2D eigenvalue weighted by molar-refractivity contribution is 4.63. The third-order valence-corrected chi connectivity index (χ3v) is 2.75. The van der Waals surface area contributed by atoms with Crippen LogP contribution in [0, 0.1) is 11.8 Å². The number of rotatable bonds is 5. The molecule has 0 aromatic carbocycles. The minimum absolute atomic E-state index is 0.282. The molecule has 0 radical (unpaired) electrons. The first-order valence-corrected chi connectivity index (χ1v) is 5.53. The second kappa shape index (κ2) is 6.38. The Kier molecular flexibility index (Phi) is 5.45. The number of ether oxygens (including phenoxy) is 2. The fourth-order valence-corrected chi connectivity index (χ4v) is 1.46. The maximum Gasteiger partial charge on any atom is 0.0796 e. The van der Waals surface area contributed by atoms with E-state index in [1.54, 1.807) is 0 Å². The maximum absolute atomic E-state index is 9.51. The summed E-state index contributed by atoms with van der Waals surface area (Å²) in [6.45, 7) is 6.97. The summed E-state index contributed by atoms with van der Waals surface area (Å²) in [6, 6.07) is 0. The molecule has 0 bridgehead atoms. The van der Waals surface area contributed by atoms with Crippen LogP contribution in [0.4, 0.5) is 0 Å². The molecule has 1 rings (SSSR count). The minimum atomic E-state index is -0.324. The van der Waals surface area contributed by atoms with Gasteiger partial charge in [-0.25, -0.2) is 0 Å². The lowest BCUT2D eigenvalue weighted by molar-refractivity contribution is -0.0209. The Morgan fingerprint density at radius 2 is 2.00 bits per heavy atom. The highest BCUT2D eigenvalue weighted by atomic mass is 16.5. The van der Waals surface area contributed by atoms with Crippen molar-refractivity contribution in [2.75, 3.05) is 26.4 Å². The molecule has 0 aromatic heterocycles. The largest absolute Gasteiger partial charge is 0.390 e. The SMILES string of the molecule is CC(C)C(O)COCC1CCOCC1. The van der Waals surface area contributed by atoms with Crippen LogP contribution < -0.4 is 0 Å². The molecule has 1 fully saturated rings. The summed E-state index contributed by atoms with van der Waals surface area (Å²) in [5.41, 5.74) is 0. The van der Waals surface area contributed by atoms with Gasteiger partial charge in [-0.15, -0.1) is 0 Å². The summed E-state index contributed by atoms with van der Waals surface area (Å²) in [4.78, 5) is 0. The molecule has 14 heavy (non-hydrogen) atoms. The van der Waals surface area contributed by atoms with Crippen molar-refractivity contribution in [3.63, 3.8) is 0 Å². The van der Waals surface area contributed by atoms with Crippen LogP contribution in [0.5, 0.6) is 0 Å². The zero-order valence-corrected chi connectivity index (χ0v) is 9.24. The average Bonchev–Trinajstić information content (AvgIpc) is 2.19. The third-order valence-electron chi connectivity index (χ3n) is 2.75. The Morgan fingerprint density at radius 1 is 1.36 bits per heavy atom. The molecule has 84 valence electrons. The quantitative estimate of drug-likeness (QED) is 0.733. The van der Waals surface area contributed by atoms with Crippen molar-refractivity contribution in [3.8, 4) is 0 Å². The fourth-order valence-electron chi connectivity index (χ4n) is 1.46. The minimum Gasteiger partial charge on any atom is -0.390 e. The van der Waals surface area contributed by atoms with Crippen LogP contribution in [0.2, 0.25) is 0 Å². The van der Waals surface area contributed by atoms with Gasteiger partial charge >= 0.3 is 0 Å². The summed E-state index contributed by atoms with van der Waals surface area (Å²) >= 11 is 0. The Hall–Kier alpha value is -0.120. The smallest absolute Gasteiger partial charge is 0.0796 e. The first kappa shape index (κ1) is 12.0. The highest BCUT2D eigenvalue weighted by Gasteiger charge is 2.15. The Balaban J connectivity index is 2.02. The zero-order valence-electron chi connectivity index (χ0n) is 9.24. The van der Waals surface area contributed by atoms with E-state index < -0.39 is 0 Å². The van der Waals surface area contributed by atoms with E-state index in [1.807, 2.05) is 13.8 Å². The van der Waals surface area contributed by atoms with E-state index in [9.17, 15) is 5.11 Å². The van der Waals surface area contributed by atoms with E-state index in [0.29, 0.717) is 12.5 Å². The van der Waals surface area contributed by atoms with Crippen molar-refractivity contribution < 1.29 is 14.6 Å². The topological polar surface area (TPSA) is 38.7 Å². The molecule has 0 amide bonds. The van der Waals surface area contributed by atoms with Gasteiger partial charge in [0.25, 0.3) is 0 Å². The fraction of sp³-hybridized carbons (Fsp3) is 1.00. The monoisotopic (exact) mass is 202 g/mol. The molecule has 1 aliphatic rings. The molecule has 1 atom stereocenters. The predicted octanol–water partition coefficient (Wildman–Crippen LogP) is 1.45. The van der Waals surface area contributed by atoms with Gasteiger partial charge in [0.05, 0.1) is 12.7 Å². The number of hydrogen-bond acceptors (Lipinski definition) is 3. The molecule has 1 N–H and O–H groups in total. The van der Waals surface area contributed by atoms with Crippen molar-refractivity contribution >= 4 is 0 Å². The van der Waals surface area contributed by atoms with Crippen LogP contribution in [-0.2, 0) is 9.47 Å². The van der Waals surface area contributed by atoms with Crippen molar-refractivity contribution in [2.24, 2.45) is 11.8 Å². The summed E-state index contributed by atoms with van der Waals surface area (Å²) in [6.07, 6.45) is 1.87. The van der Waals surface area contributed by atoms with Crippen molar-refractivity contribution in [1.82, 2.24) is 0 Å². The molecule has 3 nitrogen and oxygen atoms in total. The lowest BCUT2D eigenvalue weighted by Crippen LogP contribution is -2.25. The normalized spacial score (nSPS) is 21.4. The second-order valence-corrected chi connectivity index (χ2v) is 4.40. The zero-order chi connectivity index (χ0) is 10.4. The van der Waals surface area contributed by atoms with Gasteiger partial charge in [-0.05, 0) is 24.7 Å². The van der Waals surface area contributed by atoms with E-state index in [4.69, 9.17) is 9.47 Å². The van der Waals surface area contributed by atoms with Gasteiger partial charge in [0.15, 0.2) is 0 Å². The molecule has 1 saturated heterocycles. The molecule has 0 saturated carbocycles. The van der Waals surface area contributed by atoms with Crippen molar-refractivity contribution in [2.45, 2.75) is 32.8 Å². The molecule has 3 heteroatoms. The molecule has 1 heterocycles. The Morgan fingerprint density at radius 3 is 2.57 bits per heavy atom. The lowest BCUT2D eigenvalue weighted by atomic mass is 10.0. The second-order valence-electron chi connectivity index (χ2n) is 4.40. The number of hydrogen-bond donors (Lipinski definition) is 1. The third kappa shape index (κ3) is 4.40. The molecule has 0 aromatic rings. The Bertz CT molecular complexity index is 141. The van der Waals surface area contributed by atoms with Crippen LogP contribution in [0.25, 0.3) is 0 Å². The van der Waals surface area contributed by atoms with Crippen LogP contribution in [0.1, 0.15) is 26.7 Å². The van der Waals surface area contributed by atoms with E-state index in [-0.39, 0.29) is 12.0 Å². The maximum atomic E-state index is 9.51. The average molecular weight is 202 g/mol. The summed E-state index contributed by atoms with van der Waals surface area (Å²) in [7, 11) is 0. The van der Waals surface area contributed by atoms with Gasteiger partial charge in [-0.1, -0.05) is 13.8 Å². The van der Waals surface area contributed by atoms with Gasteiger partial charge in [0.2, 0.25) is 0 Å². The van der Waals surface area contributed by atoms with Crippen LogP contribution in [-0.4, -0.2) is 37.6 Å². The first-order chi connectivity index (χ1) is 6.70. The summed E-state index contributed by atoms with van der Waals surface area (Å²) in [5, 5.41) is 9.51. The molecular weight excluding hydrogens is 180 g/mol. The van der Waals surface area contributed by atoms with Crippen LogP contribution in [0.3, 0.4) is 0 Å². The lowest BCUT2D eigenvalue weighted by Gasteiger charge is -2.23. The standard InChI is InChI=1S/C11H22O3/c1-9(2)11(12)8-14-7-10-3-5-13-6-4-10/h9-12H,3-8H2,1-2H3. The van der Waals surface area contributed by atoms with Gasteiger partial charge in [0, 0.05) is 19.8 Å². The van der Waals surface area contributed by atoms with Gasteiger partial charge in [0.1, 0.15) is 0 Å². The molecule has 0 spiro atoms. The van der Waals surface area contributed by atoms with E-state index >= 15 is 0 Å². The predicted molar refractivity (Wildman–Crippen MR) is 55.2 cm³/mol. The van der Waals surface area contributed by atoms with E-state index in [1.165, 1.54) is 0 Å².